The summed E-state index contributed by atoms with van der Waals surface area (Å²) in [6.45, 7) is 6.70. The molecule has 0 aliphatic heterocycles. The van der Waals surface area contributed by atoms with E-state index < -0.39 is 0 Å². The van der Waals surface area contributed by atoms with Gasteiger partial charge in [-0.2, -0.15) is 0 Å². The van der Waals surface area contributed by atoms with Crippen molar-refractivity contribution in [1.29, 1.82) is 0 Å². The molecule has 0 aliphatic carbocycles. The van der Waals surface area contributed by atoms with Gasteiger partial charge >= 0.3 is 0 Å². The highest BCUT2D eigenvalue weighted by atomic mass is 32.1. The van der Waals surface area contributed by atoms with Gasteiger partial charge in [-0.1, -0.05) is 26.0 Å². The number of hydrogen-bond acceptors (Lipinski definition) is 1. The van der Waals surface area contributed by atoms with Gasteiger partial charge in [-0.3, -0.25) is 0 Å². The van der Waals surface area contributed by atoms with Gasteiger partial charge in [0.15, 0.2) is 4.77 Å². The van der Waals surface area contributed by atoms with Crippen LogP contribution in [0, 0.1) is 4.77 Å². The maximum absolute atomic E-state index is 5.44. The zero-order chi connectivity index (χ0) is 11.8. The summed E-state index contributed by atoms with van der Waals surface area (Å²) in [6, 6.07) is 8.30. The van der Waals surface area contributed by atoms with Crippen LogP contribution < -0.4 is 0 Å². The molecule has 2 nitrogen and oxygen atoms in total. The van der Waals surface area contributed by atoms with Crippen molar-refractivity contribution in [2.75, 3.05) is 0 Å². The Morgan fingerprint density at radius 3 is 2.50 bits per heavy atom. The minimum Gasteiger partial charge on any atom is -0.331 e. The molecule has 0 spiro atoms. The number of benzene rings is 1. The van der Waals surface area contributed by atoms with E-state index in [0.29, 0.717) is 0 Å². The number of para-hydroxylation sites is 2. The molecule has 0 fully saturated rings. The molecule has 0 saturated carbocycles. The summed E-state index contributed by atoms with van der Waals surface area (Å²) < 4.78 is 3.09. The van der Waals surface area contributed by atoms with E-state index in [1.54, 1.807) is 0 Å². The van der Waals surface area contributed by atoms with Crippen LogP contribution in [0.15, 0.2) is 24.3 Å². The molecule has 1 heterocycles. The Morgan fingerprint density at radius 1 is 1.25 bits per heavy atom. The fraction of sp³-hybridized carbons (Fsp3) is 0.462. The van der Waals surface area contributed by atoms with Gasteiger partial charge in [-0.25, -0.2) is 0 Å². The van der Waals surface area contributed by atoms with Crippen molar-refractivity contribution in [2.45, 2.75) is 39.2 Å². The highest BCUT2D eigenvalue weighted by molar-refractivity contribution is 7.71. The van der Waals surface area contributed by atoms with Crippen LogP contribution in [0.1, 0.15) is 33.6 Å². The van der Waals surface area contributed by atoms with Gasteiger partial charge in [-0.05, 0) is 44.1 Å². The van der Waals surface area contributed by atoms with E-state index in [1.807, 2.05) is 6.07 Å². The molecule has 1 aromatic heterocycles. The third kappa shape index (κ3) is 1.59. The van der Waals surface area contributed by atoms with Crippen LogP contribution in [-0.4, -0.2) is 9.55 Å². The second-order valence-corrected chi connectivity index (χ2v) is 4.87. The van der Waals surface area contributed by atoms with Crippen LogP contribution in [0.2, 0.25) is 0 Å². The fourth-order valence-electron chi connectivity index (χ4n) is 2.16. The van der Waals surface area contributed by atoms with Crippen LogP contribution in [0.25, 0.3) is 11.0 Å². The number of hydrogen-bond donors (Lipinski definition) is 1. The minimum absolute atomic E-state index is 0.108. The van der Waals surface area contributed by atoms with Crippen molar-refractivity contribution in [3.05, 3.63) is 29.0 Å². The fourth-order valence-corrected chi connectivity index (χ4v) is 2.59. The molecule has 0 aliphatic rings. The molecule has 0 radical (unpaired) electrons. The summed E-state index contributed by atoms with van der Waals surface area (Å²) >= 11 is 5.44. The quantitative estimate of drug-likeness (QED) is 0.788. The van der Waals surface area contributed by atoms with Gasteiger partial charge in [0.2, 0.25) is 0 Å². The molecule has 0 saturated heterocycles. The van der Waals surface area contributed by atoms with Gasteiger partial charge in [0.1, 0.15) is 0 Å². The number of H-pyrrole nitrogens is 1. The Kier molecular flexibility index (Phi) is 2.89. The number of nitrogens with zero attached hydrogens (tertiary/aromatic N) is 1. The van der Waals surface area contributed by atoms with E-state index in [0.717, 1.165) is 23.1 Å². The first-order chi connectivity index (χ1) is 7.62. The number of nitrogens with one attached hydrogen (secondary N) is 1. The van der Waals surface area contributed by atoms with Crippen LogP contribution in [0.4, 0.5) is 0 Å². The summed E-state index contributed by atoms with van der Waals surface area (Å²) in [7, 11) is 0. The lowest BCUT2D eigenvalue weighted by Crippen LogP contribution is -2.28. The lowest BCUT2D eigenvalue weighted by Gasteiger charge is -2.29. The van der Waals surface area contributed by atoms with E-state index in [-0.39, 0.29) is 5.54 Å². The van der Waals surface area contributed by atoms with E-state index in [2.05, 4.69) is 48.5 Å². The third-order valence-electron chi connectivity index (χ3n) is 3.65. The summed E-state index contributed by atoms with van der Waals surface area (Å²) in [6.07, 6.45) is 2.17. The first-order valence-corrected chi connectivity index (χ1v) is 6.23. The number of aromatic amines is 1. The average Bonchev–Trinajstić information content (AvgIpc) is 2.64. The van der Waals surface area contributed by atoms with E-state index in [4.69, 9.17) is 12.2 Å². The lowest BCUT2D eigenvalue weighted by atomic mass is 9.95. The zero-order valence-electron chi connectivity index (χ0n) is 10.1. The third-order valence-corrected chi connectivity index (χ3v) is 3.94. The predicted octanol–water partition coefficient (Wildman–Crippen LogP) is 4.23. The summed E-state index contributed by atoms with van der Waals surface area (Å²) in [5.74, 6) is 0. The molecule has 0 atom stereocenters. The van der Waals surface area contributed by atoms with Gasteiger partial charge in [-0.15, -0.1) is 0 Å². The summed E-state index contributed by atoms with van der Waals surface area (Å²) in [4.78, 5) is 3.28. The van der Waals surface area contributed by atoms with Gasteiger partial charge in [0.25, 0.3) is 0 Å². The largest absolute Gasteiger partial charge is 0.331 e. The molecule has 2 rings (SSSR count). The SMILES string of the molecule is CCC(C)(CC)n1c(=S)[nH]c2ccccc21. The molecule has 0 amide bonds. The number of rotatable bonds is 3. The maximum Gasteiger partial charge on any atom is 0.178 e. The summed E-state index contributed by atoms with van der Waals surface area (Å²) in [5.41, 5.74) is 2.44. The molecular formula is C13H18N2S. The van der Waals surface area contributed by atoms with Gasteiger partial charge in [0, 0.05) is 5.54 Å². The van der Waals surface area contributed by atoms with Gasteiger partial charge in [0.05, 0.1) is 11.0 Å². The molecule has 16 heavy (non-hydrogen) atoms. The molecule has 86 valence electrons. The Labute approximate surface area is 101 Å². The van der Waals surface area contributed by atoms with Crippen molar-refractivity contribution < 1.29 is 0 Å². The Bertz CT molecular complexity index is 546. The number of fused-ring (bicyclic) bond motifs is 1. The molecule has 3 heteroatoms. The van der Waals surface area contributed by atoms with Gasteiger partial charge < -0.3 is 9.55 Å². The smallest absolute Gasteiger partial charge is 0.178 e. The molecule has 1 aromatic carbocycles. The van der Waals surface area contributed by atoms with E-state index >= 15 is 0 Å². The van der Waals surface area contributed by atoms with Crippen molar-refractivity contribution in [1.82, 2.24) is 9.55 Å². The molecular weight excluding hydrogens is 216 g/mol. The van der Waals surface area contributed by atoms with E-state index in [9.17, 15) is 0 Å². The highest BCUT2D eigenvalue weighted by Crippen LogP contribution is 2.29. The van der Waals surface area contributed by atoms with Crippen LogP contribution >= 0.6 is 12.2 Å². The Hall–Kier alpha value is -1.09. The monoisotopic (exact) mass is 234 g/mol. The Balaban J connectivity index is 2.77. The molecule has 2 aromatic rings. The number of imidazole rings is 1. The Morgan fingerprint density at radius 2 is 1.88 bits per heavy atom. The average molecular weight is 234 g/mol. The van der Waals surface area contributed by atoms with Crippen molar-refractivity contribution in [3.63, 3.8) is 0 Å². The standard InChI is InChI=1S/C13H18N2S/c1-4-13(3,5-2)15-11-9-7-6-8-10(11)14-12(15)16/h6-9H,4-5H2,1-3H3,(H,14,16). The van der Waals surface area contributed by atoms with Crippen LogP contribution in [0.3, 0.4) is 0 Å². The maximum atomic E-state index is 5.44. The van der Waals surface area contributed by atoms with Crippen LogP contribution in [-0.2, 0) is 5.54 Å². The highest BCUT2D eigenvalue weighted by Gasteiger charge is 2.24. The van der Waals surface area contributed by atoms with Crippen molar-refractivity contribution in [3.8, 4) is 0 Å². The lowest BCUT2D eigenvalue weighted by molar-refractivity contribution is 0.299. The van der Waals surface area contributed by atoms with Crippen molar-refractivity contribution in [2.24, 2.45) is 0 Å². The topological polar surface area (TPSA) is 20.7 Å². The second-order valence-electron chi connectivity index (χ2n) is 4.49. The zero-order valence-corrected chi connectivity index (χ0v) is 10.9. The van der Waals surface area contributed by atoms with Crippen LogP contribution in [0.5, 0.6) is 0 Å². The normalized spacial score (nSPS) is 12.2. The molecule has 0 bridgehead atoms. The first kappa shape index (κ1) is 11.4. The predicted molar refractivity (Wildman–Crippen MR) is 71.4 cm³/mol. The summed E-state index contributed by atoms with van der Waals surface area (Å²) in [5, 5.41) is 0. The second kappa shape index (κ2) is 4.06. The van der Waals surface area contributed by atoms with Crippen molar-refractivity contribution >= 4 is 23.3 Å². The molecule has 0 unspecified atom stereocenters. The minimum atomic E-state index is 0.108. The number of aromatic nitrogens is 2. The molecule has 1 N–H and O–H groups in total. The first-order valence-electron chi connectivity index (χ1n) is 5.82. The van der Waals surface area contributed by atoms with E-state index in [1.165, 1.54) is 5.52 Å².